The van der Waals surface area contributed by atoms with Crippen molar-refractivity contribution in [1.29, 1.82) is 0 Å². The minimum atomic E-state index is -0.577. The lowest BCUT2D eigenvalue weighted by Crippen LogP contribution is -2.56. The van der Waals surface area contributed by atoms with E-state index in [1.165, 1.54) is 0 Å². The molecule has 3 rings (SSSR count). The number of piperazine rings is 1. The molecule has 30 heavy (non-hydrogen) atoms. The number of Topliss-reactive ketones (excluding diaryl/α,β-unsaturated/α-hetero) is 1. The van der Waals surface area contributed by atoms with Gasteiger partial charge in [0.15, 0.2) is 5.78 Å². The first-order chi connectivity index (χ1) is 14.1. The highest BCUT2D eigenvalue weighted by atomic mass is 16.6. The summed E-state index contributed by atoms with van der Waals surface area (Å²) in [6.45, 7) is 9.01. The third-order valence-corrected chi connectivity index (χ3v) is 5.53. The third-order valence-electron chi connectivity index (χ3n) is 5.53. The molecule has 2 heterocycles. The van der Waals surface area contributed by atoms with Crippen molar-refractivity contribution >= 4 is 17.8 Å². The van der Waals surface area contributed by atoms with Crippen LogP contribution in [0, 0.1) is 6.92 Å². The van der Waals surface area contributed by atoms with Gasteiger partial charge in [0.1, 0.15) is 12.2 Å². The second-order valence-electron chi connectivity index (χ2n) is 8.83. The number of nitrogens with zero attached hydrogens (tertiary/aromatic N) is 2. The monoisotopic (exact) mass is 418 g/mol. The van der Waals surface area contributed by atoms with E-state index in [0.29, 0.717) is 37.2 Å². The fraction of sp³-hybridized carbons (Fsp3) is 0.591. The average molecular weight is 418 g/mol. The van der Waals surface area contributed by atoms with Gasteiger partial charge in [-0.05, 0) is 45.7 Å². The van der Waals surface area contributed by atoms with Crippen LogP contribution in [-0.2, 0) is 16.1 Å². The van der Waals surface area contributed by atoms with Crippen LogP contribution in [0.5, 0.6) is 0 Å². The second kappa shape index (κ2) is 8.73. The zero-order valence-electron chi connectivity index (χ0n) is 18.1. The van der Waals surface area contributed by atoms with Gasteiger partial charge in [-0.3, -0.25) is 9.69 Å². The Kier molecular flexibility index (Phi) is 6.47. The Morgan fingerprint density at radius 1 is 1.27 bits per heavy atom. The Balaban J connectivity index is 1.69. The molecule has 1 atom stereocenters. The number of carbonyl (C=O) groups excluding carboxylic acids is 3. The van der Waals surface area contributed by atoms with Gasteiger partial charge >= 0.3 is 12.1 Å². The molecule has 164 valence electrons. The van der Waals surface area contributed by atoms with E-state index in [0.717, 1.165) is 11.1 Å². The first-order valence-electron chi connectivity index (χ1n) is 10.3. The van der Waals surface area contributed by atoms with Gasteiger partial charge in [0.25, 0.3) is 0 Å². The molecule has 0 aromatic heterocycles. The Hall–Kier alpha value is -2.45. The van der Waals surface area contributed by atoms with Crippen molar-refractivity contribution in [2.45, 2.75) is 52.4 Å². The van der Waals surface area contributed by atoms with Crippen molar-refractivity contribution in [3.8, 4) is 0 Å². The highest BCUT2D eigenvalue weighted by Gasteiger charge is 2.33. The van der Waals surface area contributed by atoms with Gasteiger partial charge in [-0.1, -0.05) is 6.07 Å². The molecule has 0 saturated carbocycles. The second-order valence-corrected chi connectivity index (χ2v) is 8.83. The summed E-state index contributed by atoms with van der Waals surface area (Å²) in [7, 11) is 0. The molecular weight excluding hydrogens is 388 g/mol. The third kappa shape index (κ3) is 4.82. The summed E-state index contributed by atoms with van der Waals surface area (Å²) in [5, 5.41) is 9.48. The fourth-order valence-corrected chi connectivity index (χ4v) is 3.94. The topological polar surface area (TPSA) is 96.4 Å². The number of hydrogen-bond donors (Lipinski definition) is 1. The molecule has 1 N–H and O–H groups in total. The van der Waals surface area contributed by atoms with Crippen LogP contribution in [0.3, 0.4) is 0 Å². The van der Waals surface area contributed by atoms with Gasteiger partial charge in [0.05, 0.1) is 12.1 Å². The minimum absolute atomic E-state index is 0.0329. The summed E-state index contributed by atoms with van der Waals surface area (Å²) in [6, 6.07) is 3.19. The number of aliphatic hydroxyl groups is 1. The van der Waals surface area contributed by atoms with Crippen LogP contribution in [0.1, 0.15) is 59.0 Å². The molecule has 8 heteroatoms. The van der Waals surface area contributed by atoms with Gasteiger partial charge in [0, 0.05) is 43.4 Å². The SMILES string of the molecule is Cc1c(C(=O)CN2CCN(C(=O)OC(C)(C)C)CC2CCO)ccc2c1COC2=O. The molecule has 1 aromatic rings. The van der Waals surface area contributed by atoms with Gasteiger partial charge < -0.3 is 19.5 Å². The van der Waals surface area contributed by atoms with Crippen molar-refractivity contribution in [3.63, 3.8) is 0 Å². The van der Waals surface area contributed by atoms with E-state index >= 15 is 0 Å². The van der Waals surface area contributed by atoms with Crippen molar-refractivity contribution < 1.29 is 29.0 Å². The van der Waals surface area contributed by atoms with Gasteiger partial charge in [-0.2, -0.15) is 0 Å². The number of rotatable bonds is 5. The lowest BCUT2D eigenvalue weighted by atomic mass is 9.95. The van der Waals surface area contributed by atoms with E-state index in [9.17, 15) is 19.5 Å². The van der Waals surface area contributed by atoms with Crippen LogP contribution in [0.4, 0.5) is 4.79 Å². The minimum Gasteiger partial charge on any atom is -0.457 e. The molecule has 0 radical (unpaired) electrons. The molecule has 1 fully saturated rings. The predicted molar refractivity (Wildman–Crippen MR) is 109 cm³/mol. The number of cyclic esters (lactones) is 1. The molecule has 1 unspecified atom stereocenters. The van der Waals surface area contributed by atoms with Crippen LogP contribution in [0.25, 0.3) is 0 Å². The van der Waals surface area contributed by atoms with E-state index in [1.807, 2.05) is 32.6 Å². The van der Waals surface area contributed by atoms with E-state index < -0.39 is 5.60 Å². The molecule has 1 amide bonds. The van der Waals surface area contributed by atoms with Crippen LogP contribution in [0.2, 0.25) is 0 Å². The van der Waals surface area contributed by atoms with E-state index in [4.69, 9.17) is 9.47 Å². The first kappa shape index (κ1) is 22.2. The van der Waals surface area contributed by atoms with Gasteiger partial charge in [0.2, 0.25) is 0 Å². The molecule has 0 bridgehead atoms. The number of carbonyl (C=O) groups is 3. The number of hydrogen-bond acceptors (Lipinski definition) is 7. The maximum Gasteiger partial charge on any atom is 0.410 e. The summed E-state index contributed by atoms with van der Waals surface area (Å²) < 4.78 is 10.5. The summed E-state index contributed by atoms with van der Waals surface area (Å²) in [6.07, 6.45) is 0.0773. The predicted octanol–water partition coefficient (Wildman–Crippen LogP) is 2.15. The largest absolute Gasteiger partial charge is 0.457 e. The van der Waals surface area contributed by atoms with E-state index in [-0.39, 0.29) is 43.6 Å². The molecule has 0 spiro atoms. The molecular formula is C22H30N2O6. The van der Waals surface area contributed by atoms with E-state index in [1.54, 1.807) is 17.0 Å². The zero-order chi connectivity index (χ0) is 22.1. The van der Waals surface area contributed by atoms with Gasteiger partial charge in [-0.15, -0.1) is 0 Å². The van der Waals surface area contributed by atoms with E-state index in [2.05, 4.69) is 0 Å². The lowest BCUT2D eigenvalue weighted by molar-refractivity contribution is 0.00167. The quantitative estimate of drug-likeness (QED) is 0.578. The van der Waals surface area contributed by atoms with Crippen LogP contribution in [0.15, 0.2) is 12.1 Å². The Labute approximate surface area is 176 Å². The summed E-state index contributed by atoms with van der Waals surface area (Å²) in [5.41, 5.74) is 2.06. The summed E-state index contributed by atoms with van der Waals surface area (Å²) >= 11 is 0. The maximum absolute atomic E-state index is 13.0. The lowest BCUT2D eigenvalue weighted by Gasteiger charge is -2.41. The highest BCUT2D eigenvalue weighted by molar-refractivity contribution is 6.02. The van der Waals surface area contributed by atoms with Gasteiger partial charge in [-0.25, -0.2) is 9.59 Å². The van der Waals surface area contributed by atoms with Crippen LogP contribution in [-0.4, -0.2) is 77.2 Å². The smallest absolute Gasteiger partial charge is 0.410 e. The standard InChI is InChI=1S/C22H30N2O6/c1-14-16(5-6-17-18(14)13-29-20(17)27)19(26)12-23-8-9-24(11-15(23)7-10-25)21(28)30-22(2,3)4/h5-6,15,25H,7-13H2,1-4H3. The Morgan fingerprint density at radius 2 is 2.00 bits per heavy atom. The molecule has 2 aliphatic rings. The Bertz CT molecular complexity index is 845. The molecule has 2 aliphatic heterocycles. The highest BCUT2D eigenvalue weighted by Crippen LogP contribution is 2.26. The Morgan fingerprint density at radius 3 is 2.67 bits per heavy atom. The number of esters is 1. The number of fused-ring (bicyclic) bond motifs is 1. The van der Waals surface area contributed by atoms with Crippen molar-refractivity contribution in [2.75, 3.05) is 32.8 Å². The molecule has 1 aromatic carbocycles. The molecule has 0 aliphatic carbocycles. The number of ether oxygens (including phenoxy) is 2. The van der Waals surface area contributed by atoms with Crippen LogP contribution >= 0.6 is 0 Å². The molecule has 8 nitrogen and oxygen atoms in total. The van der Waals surface area contributed by atoms with Crippen molar-refractivity contribution in [3.05, 3.63) is 34.4 Å². The fourth-order valence-electron chi connectivity index (χ4n) is 3.94. The number of ketones is 1. The van der Waals surface area contributed by atoms with Crippen molar-refractivity contribution in [1.82, 2.24) is 9.80 Å². The normalized spacial score (nSPS) is 19.4. The molecule has 1 saturated heterocycles. The average Bonchev–Trinajstić information content (AvgIpc) is 3.04. The number of amides is 1. The maximum atomic E-state index is 13.0. The number of benzene rings is 1. The van der Waals surface area contributed by atoms with Crippen molar-refractivity contribution in [2.24, 2.45) is 0 Å². The summed E-state index contributed by atoms with van der Waals surface area (Å²) in [4.78, 5) is 40.8. The van der Waals surface area contributed by atoms with Crippen LogP contribution < -0.4 is 0 Å². The number of aliphatic hydroxyl groups excluding tert-OH is 1. The summed E-state index contributed by atoms with van der Waals surface area (Å²) in [5.74, 6) is -0.406. The first-order valence-corrected chi connectivity index (χ1v) is 10.3. The zero-order valence-corrected chi connectivity index (χ0v) is 18.1.